The smallest absolute Gasteiger partial charge is 0.242 e. The van der Waals surface area contributed by atoms with E-state index in [0.29, 0.717) is 11.4 Å². The molecule has 0 fully saturated rings. The Balaban J connectivity index is 1.92. The number of nitrogen functional groups attached to an aromatic ring is 1. The highest BCUT2D eigenvalue weighted by atomic mass is 35.5. The van der Waals surface area contributed by atoms with Crippen LogP contribution in [0.3, 0.4) is 0 Å². The second-order valence-electron chi connectivity index (χ2n) is 4.21. The van der Waals surface area contributed by atoms with Crippen LogP contribution in [-0.2, 0) is 10.0 Å². The maximum absolute atomic E-state index is 12.1. The highest BCUT2D eigenvalue weighted by molar-refractivity contribution is 7.89. The van der Waals surface area contributed by atoms with Crippen molar-refractivity contribution in [1.82, 2.24) is 4.72 Å². The molecule has 0 aliphatic heterocycles. The van der Waals surface area contributed by atoms with E-state index >= 15 is 0 Å². The standard InChI is InChI=1S/C14H15ClN2O3S/c15-11-5-1-4-8-14(11)21(18,19)17-9-10-20-13-7-3-2-6-12(13)16/h1-8,17H,9-10,16H2. The monoisotopic (exact) mass is 326 g/mol. The van der Waals surface area contributed by atoms with Crippen LogP contribution in [0.4, 0.5) is 5.69 Å². The van der Waals surface area contributed by atoms with Gasteiger partial charge in [0, 0.05) is 6.54 Å². The lowest BCUT2D eigenvalue weighted by Crippen LogP contribution is -2.28. The fourth-order valence-corrected chi connectivity index (χ4v) is 3.22. The van der Waals surface area contributed by atoms with Gasteiger partial charge in [0.05, 0.1) is 10.7 Å². The van der Waals surface area contributed by atoms with Gasteiger partial charge in [0.15, 0.2) is 0 Å². The van der Waals surface area contributed by atoms with E-state index in [2.05, 4.69) is 4.72 Å². The molecule has 0 bridgehead atoms. The molecule has 2 aromatic rings. The molecule has 0 heterocycles. The molecule has 7 heteroatoms. The van der Waals surface area contributed by atoms with Crippen LogP contribution in [0, 0.1) is 0 Å². The number of sulfonamides is 1. The first kappa shape index (κ1) is 15.6. The van der Waals surface area contributed by atoms with Crippen LogP contribution in [0.25, 0.3) is 0 Å². The van der Waals surface area contributed by atoms with Gasteiger partial charge in [-0.1, -0.05) is 35.9 Å². The minimum atomic E-state index is -3.65. The van der Waals surface area contributed by atoms with Crippen LogP contribution in [0.1, 0.15) is 0 Å². The predicted molar refractivity (Wildman–Crippen MR) is 83.0 cm³/mol. The summed E-state index contributed by atoms with van der Waals surface area (Å²) in [6.07, 6.45) is 0. The molecular formula is C14H15ClN2O3S. The topological polar surface area (TPSA) is 81.4 Å². The molecule has 0 aromatic heterocycles. The second kappa shape index (κ2) is 6.80. The van der Waals surface area contributed by atoms with E-state index in [4.69, 9.17) is 22.1 Å². The van der Waals surface area contributed by atoms with Crippen molar-refractivity contribution in [3.8, 4) is 5.75 Å². The van der Waals surface area contributed by atoms with Crippen molar-refractivity contribution in [2.45, 2.75) is 4.90 Å². The number of nitrogens with one attached hydrogen (secondary N) is 1. The summed E-state index contributed by atoms with van der Waals surface area (Å²) in [6.45, 7) is 0.278. The molecule has 5 nitrogen and oxygen atoms in total. The van der Waals surface area contributed by atoms with Gasteiger partial charge in [-0.3, -0.25) is 0 Å². The highest BCUT2D eigenvalue weighted by Gasteiger charge is 2.16. The summed E-state index contributed by atoms with van der Waals surface area (Å²) in [7, 11) is -3.65. The summed E-state index contributed by atoms with van der Waals surface area (Å²) in [4.78, 5) is 0.0471. The van der Waals surface area contributed by atoms with Gasteiger partial charge >= 0.3 is 0 Å². The Morgan fingerprint density at radius 2 is 1.76 bits per heavy atom. The molecule has 0 radical (unpaired) electrons. The predicted octanol–water partition coefficient (Wildman–Crippen LogP) is 2.28. The molecule has 0 aliphatic carbocycles. The van der Waals surface area contributed by atoms with Crippen LogP contribution in [0.15, 0.2) is 53.4 Å². The molecule has 0 atom stereocenters. The normalized spacial score (nSPS) is 11.3. The van der Waals surface area contributed by atoms with E-state index in [9.17, 15) is 8.42 Å². The van der Waals surface area contributed by atoms with Gasteiger partial charge in [-0.2, -0.15) is 0 Å². The maximum Gasteiger partial charge on any atom is 0.242 e. The first-order valence-corrected chi connectivity index (χ1v) is 8.08. The summed E-state index contributed by atoms with van der Waals surface area (Å²) in [6, 6.07) is 13.3. The van der Waals surface area contributed by atoms with Crippen molar-refractivity contribution in [3.05, 3.63) is 53.6 Å². The summed E-state index contributed by atoms with van der Waals surface area (Å²) in [5.74, 6) is 0.523. The van der Waals surface area contributed by atoms with E-state index in [0.717, 1.165) is 0 Å². The maximum atomic E-state index is 12.1. The minimum Gasteiger partial charge on any atom is -0.490 e. The van der Waals surface area contributed by atoms with Crippen LogP contribution < -0.4 is 15.2 Å². The molecule has 0 unspecified atom stereocenters. The van der Waals surface area contributed by atoms with Crippen molar-refractivity contribution in [2.24, 2.45) is 0 Å². The van der Waals surface area contributed by atoms with Gasteiger partial charge < -0.3 is 10.5 Å². The minimum absolute atomic E-state index is 0.0471. The van der Waals surface area contributed by atoms with Crippen molar-refractivity contribution in [2.75, 3.05) is 18.9 Å². The summed E-state index contributed by atoms with van der Waals surface area (Å²) in [5.41, 5.74) is 6.22. The zero-order chi connectivity index (χ0) is 15.3. The average Bonchev–Trinajstić information content (AvgIpc) is 2.45. The van der Waals surface area contributed by atoms with Gasteiger partial charge in [-0.15, -0.1) is 0 Å². The third kappa shape index (κ3) is 4.10. The number of ether oxygens (including phenoxy) is 1. The van der Waals surface area contributed by atoms with Crippen LogP contribution in [-0.4, -0.2) is 21.6 Å². The third-order valence-electron chi connectivity index (χ3n) is 2.70. The number of halogens is 1. The van der Waals surface area contributed by atoms with Gasteiger partial charge in [0.2, 0.25) is 10.0 Å². The number of nitrogens with two attached hydrogens (primary N) is 1. The van der Waals surface area contributed by atoms with E-state index in [1.165, 1.54) is 12.1 Å². The summed E-state index contributed by atoms with van der Waals surface area (Å²) in [5, 5.41) is 0.179. The Bertz CT molecular complexity index is 720. The lowest BCUT2D eigenvalue weighted by atomic mass is 10.3. The number of rotatable bonds is 6. The van der Waals surface area contributed by atoms with Crippen molar-refractivity contribution >= 4 is 27.3 Å². The molecule has 0 spiro atoms. The Morgan fingerprint density at radius 3 is 2.48 bits per heavy atom. The van der Waals surface area contributed by atoms with Crippen LogP contribution in [0.5, 0.6) is 5.75 Å². The van der Waals surface area contributed by atoms with Crippen molar-refractivity contribution in [1.29, 1.82) is 0 Å². The lowest BCUT2D eigenvalue weighted by Gasteiger charge is -2.10. The fraction of sp³-hybridized carbons (Fsp3) is 0.143. The molecule has 0 amide bonds. The zero-order valence-corrected chi connectivity index (χ0v) is 12.7. The second-order valence-corrected chi connectivity index (χ2v) is 6.36. The van der Waals surface area contributed by atoms with Gasteiger partial charge in [0.25, 0.3) is 0 Å². The molecule has 21 heavy (non-hydrogen) atoms. The highest BCUT2D eigenvalue weighted by Crippen LogP contribution is 2.21. The van der Waals surface area contributed by atoms with Crippen LogP contribution in [0.2, 0.25) is 5.02 Å². The Kier molecular flexibility index (Phi) is 5.06. The Labute approximate surface area is 128 Å². The van der Waals surface area contributed by atoms with Crippen LogP contribution >= 0.6 is 11.6 Å². The Hall–Kier alpha value is -1.76. The zero-order valence-electron chi connectivity index (χ0n) is 11.1. The van der Waals surface area contributed by atoms with E-state index in [1.54, 1.807) is 36.4 Å². The van der Waals surface area contributed by atoms with E-state index < -0.39 is 10.0 Å². The molecule has 112 valence electrons. The van der Waals surface area contributed by atoms with E-state index in [1.807, 2.05) is 0 Å². The SMILES string of the molecule is Nc1ccccc1OCCNS(=O)(=O)c1ccccc1Cl. The molecule has 0 saturated heterocycles. The molecule has 2 aromatic carbocycles. The van der Waals surface area contributed by atoms with E-state index in [-0.39, 0.29) is 23.1 Å². The largest absolute Gasteiger partial charge is 0.490 e. The van der Waals surface area contributed by atoms with Gasteiger partial charge in [-0.25, -0.2) is 13.1 Å². The first-order valence-electron chi connectivity index (χ1n) is 6.22. The number of hydrogen-bond acceptors (Lipinski definition) is 4. The Morgan fingerprint density at radius 1 is 1.10 bits per heavy atom. The molecular weight excluding hydrogens is 312 g/mol. The van der Waals surface area contributed by atoms with Crippen molar-refractivity contribution < 1.29 is 13.2 Å². The summed E-state index contributed by atoms with van der Waals surface area (Å²) < 4.78 is 32.0. The molecule has 2 rings (SSSR count). The molecule has 0 aliphatic rings. The quantitative estimate of drug-likeness (QED) is 0.630. The number of benzene rings is 2. The fourth-order valence-electron chi connectivity index (χ4n) is 1.69. The first-order chi connectivity index (χ1) is 10.0. The van der Waals surface area contributed by atoms with Gasteiger partial charge in [0.1, 0.15) is 17.3 Å². The average molecular weight is 327 g/mol. The number of anilines is 1. The summed E-state index contributed by atoms with van der Waals surface area (Å²) >= 11 is 5.87. The van der Waals surface area contributed by atoms with Crippen molar-refractivity contribution in [3.63, 3.8) is 0 Å². The molecule has 3 N–H and O–H groups in total. The lowest BCUT2D eigenvalue weighted by molar-refractivity contribution is 0.324. The van der Waals surface area contributed by atoms with Gasteiger partial charge in [-0.05, 0) is 24.3 Å². The third-order valence-corrected chi connectivity index (χ3v) is 4.66. The number of para-hydroxylation sites is 2. The molecule has 0 saturated carbocycles. The number of hydrogen-bond donors (Lipinski definition) is 2.